The molecular weight excluding hydrogens is 246 g/mol. The van der Waals surface area contributed by atoms with Crippen molar-refractivity contribution in [2.75, 3.05) is 13.1 Å². The summed E-state index contributed by atoms with van der Waals surface area (Å²) in [5.41, 5.74) is 0. The zero-order valence-corrected chi connectivity index (χ0v) is 11.7. The molecule has 1 N–H and O–H groups in total. The van der Waals surface area contributed by atoms with Gasteiger partial charge in [0.05, 0.1) is 6.04 Å². The third kappa shape index (κ3) is 2.78. The van der Waals surface area contributed by atoms with Gasteiger partial charge in [-0.1, -0.05) is 0 Å². The number of rotatable bonds is 2. The van der Waals surface area contributed by atoms with Crippen molar-refractivity contribution < 1.29 is 14.4 Å². The molecule has 2 aliphatic heterocycles. The summed E-state index contributed by atoms with van der Waals surface area (Å²) in [5, 5.41) is 2.20. The molecule has 0 aliphatic carbocycles. The zero-order valence-electron chi connectivity index (χ0n) is 11.7. The van der Waals surface area contributed by atoms with Crippen LogP contribution in [-0.4, -0.2) is 58.7 Å². The molecule has 0 radical (unpaired) electrons. The first kappa shape index (κ1) is 14.0. The Bertz CT molecular complexity index is 384. The van der Waals surface area contributed by atoms with E-state index in [9.17, 15) is 14.4 Å². The van der Waals surface area contributed by atoms with Crippen molar-refractivity contribution in [3.63, 3.8) is 0 Å². The van der Waals surface area contributed by atoms with Gasteiger partial charge in [0.25, 0.3) is 0 Å². The highest BCUT2D eigenvalue weighted by molar-refractivity contribution is 6.03. The highest BCUT2D eigenvalue weighted by Gasteiger charge is 2.37. The molecule has 3 unspecified atom stereocenters. The highest BCUT2D eigenvalue weighted by atomic mass is 16.2. The number of likely N-dealkylation sites (tertiary alicyclic amines) is 1. The lowest BCUT2D eigenvalue weighted by molar-refractivity contribution is -0.148. The summed E-state index contributed by atoms with van der Waals surface area (Å²) in [6.45, 7) is 6.04. The Morgan fingerprint density at radius 2 is 1.63 bits per heavy atom. The van der Waals surface area contributed by atoms with Gasteiger partial charge < -0.3 is 4.90 Å². The first-order valence-corrected chi connectivity index (χ1v) is 6.79. The second kappa shape index (κ2) is 5.28. The van der Waals surface area contributed by atoms with Crippen molar-refractivity contribution in [3.05, 3.63) is 0 Å². The van der Waals surface area contributed by atoms with E-state index in [0.717, 1.165) is 12.8 Å². The van der Waals surface area contributed by atoms with Crippen LogP contribution in [0.5, 0.6) is 0 Å². The van der Waals surface area contributed by atoms with Gasteiger partial charge in [-0.3, -0.25) is 24.6 Å². The van der Waals surface area contributed by atoms with Crippen LogP contribution in [0.25, 0.3) is 0 Å². The summed E-state index contributed by atoms with van der Waals surface area (Å²) in [7, 11) is 0. The molecule has 2 saturated heterocycles. The van der Waals surface area contributed by atoms with E-state index in [2.05, 4.69) is 24.1 Å². The summed E-state index contributed by atoms with van der Waals surface area (Å²) in [5.74, 6) is -0.942. The summed E-state index contributed by atoms with van der Waals surface area (Å²) in [6, 6.07) is 0.442. The van der Waals surface area contributed by atoms with Crippen LogP contribution in [0.15, 0.2) is 0 Å². The minimum Gasteiger partial charge on any atom is -0.323 e. The molecule has 106 valence electrons. The maximum atomic E-state index is 12.4. The molecule has 2 aliphatic rings. The Morgan fingerprint density at radius 3 is 2.11 bits per heavy atom. The fraction of sp³-hybridized carbons (Fsp3) is 0.769. The quantitative estimate of drug-likeness (QED) is 0.699. The Balaban J connectivity index is 2.06. The van der Waals surface area contributed by atoms with E-state index >= 15 is 0 Å². The fourth-order valence-corrected chi connectivity index (χ4v) is 3.16. The predicted molar refractivity (Wildman–Crippen MR) is 69.2 cm³/mol. The molecule has 2 fully saturated rings. The van der Waals surface area contributed by atoms with Gasteiger partial charge in [-0.15, -0.1) is 0 Å². The normalized spacial score (nSPS) is 30.4. The Kier molecular flexibility index (Phi) is 3.89. The topological polar surface area (TPSA) is 69.7 Å². The molecule has 0 bridgehead atoms. The second-order valence-corrected chi connectivity index (χ2v) is 5.56. The minimum absolute atomic E-state index is 0.0223. The van der Waals surface area contributed by atoms with Crippen LogP contribution >= 0.6 is 0 Å². The van der Waals surface area contributed by atoms with Crippen LogP contribution in [0.4, 0.5) is 0 Å². The number of hydrogen-bond donors (Lipinski definition) is 1. The van der Waals surface area contributed by atoms with Gasteiger partial charge in [0, 0.05) is 12.1 Å². The molecule has 6 nitrogen and oxygen atoms in total. The maximum absolute atomic E-state index is 12.4. The van der Waals surface area contributed by atoms with Gasteiger partial charge in [0.1, 0.15) is 13.1 Å². The highest BCUT2D eigenvalue weighted by Crippen LogP contribution is 2.26. The van der Waals surface area contributed by atoms with Crippen molar-refractivity contribution in [1.82, 2.24) is 15.1 Å². The maximum Gasteiger partial charge on any atom is 0.246 e. The van der Waals surface area contributed by atoms with Crippen molar-refractivity contribution in [3.8, 4) is 0 Å². The fourth-order valence-electron chi connectivity index (χ4n) is 3.16. The molecule has 19 heavy (non-hydrogen) atoms. The van der Waals surface area contributed by atoms with Crippen LogP contribution in [0, 0.1) is 0 Å². The van der Waals surface area contributed by atoms with Crippen LogP contribution in [0.1, 0.15) is 33.6 Å². The van der Waals surface area contributed by atoms with Crippen LogP contribution in [-0.2, 0) is 14.4 Å². The Morgan fingerprint density at radius 1 is 1.16 bits per heavy atom. The number of piperazine rings is 1. The molecule has 0 aromatic heterocycles. The van der Waals surface area contributed by atoms with E-state index in [1.807, 2.05) is 6.92 Å². The first-order valence-electron chi connectivity index (χ1n) is 6.79. The number of carbonyl (C=O) groups excluding carboxylic acids is 3. The molecular formula is C13H21N3O3. The van der Waals surface area contributed by atoms with E-state index in [0.29, 0.717) is 12.1 Å². The van der Waals surface area contributed by atoms with Gasteiger partial charge in [-0.05, 0) is 33.6 Å². The SMILES string of the molecule is CC1CCC(C)N1C(C)C(=O)N1CC(=O)NC(=O)C1. The molecule has 0 aromatic rings. The molecule has 3 amide bonds. The van der Waals surface area contributed by atoms with Crippen LogP contribution in [0.2, 0.25) is 0 Å². The summed E-state index contributed by atoms with van der Waals surface area (Å²) >= 11 is 0. The molecule has 2 heterocycles. The molecule has 6 heteroatoms. The Labute approximate surface area is 113 Å². The van der Waals surface area contributed by atoms with Gasteiger partial charge in [-0.25, -0.2) is 0 Å². The lowest BCUT2D eigenvalue weighted by atomic mass is 10.1. The number of hydrogen-bond acceptors (Lipinski definition) is 4. The Hall–Kier alpha value is -1.43. The number of nitrogens with one attached hydrogen (secondary N) is 1. The standard InChI is InChI=1S/C13H21N3O3/c1-8-4-5-9(2)16(8)10(3)13(19)15-6-11(17)14-12(18)7-15/h8-10H,4-7H2,1-3H3,(H,14,17,18). The monoisotopic (exact) mass is 267 g/mol. The van der Waals surface area contributed by atoms with Gasteiger partial charge >= 0.3 is 0 Å². The van der Waals surface area contributed by atoms with E-state index in [4.69, 9.17) is 0 Å². The average molecular weight is 267 g/mol. The molecule has 3 atom stereocenters. The lowest BCUT2D eigenvalue weighted by Crippen LogP contribution is -2.58. The lowest BCUT2D eigenvalue weighted by Gasteiger charge is -2.35. The molecule has 0 saturated carbocycles. The smallest absolute Gasteiger partial charge is 0.246 e. The summed E-state index contributed by atoms with van der Waals surface area (Å²) < 4.78 is 0. The number of carbonyl (C=O) groups is 3. The third-order valence-corrected chi connectivity index (χ3v) is 4.08. The molecule has 2 rings (SSSR count). The van der Waals surface area contributed by atoms with E-state index in [1.54, 1.807) is 0 Å². The van der Waals surface area contributed by atoms with Crippen molar-refractivity contribution in [2.24, 2.45) is 0 Å². The van der Waals surface area contributed by atoms with E-state index < -0.39 is 11.8 Å². The zero-order chi connectivity index (χ0) is 14.2. The largest absolute Gasteiger partial charge is 0.323 e. The second-order valence-electron chi connectivity index (χ2n) is 5.56. The van der Waals surface area contributed by atoms with E-state index in [-0.39, 0.29) is 25.0 Å². The van der Waals surface area contributed by atoms with Gasteiger partial charge in [-0.2, -0.15) is 0 Å². The van der Waals surface area contributed by atoms with Crippen molar-refractivity contribution in [1.29, 1.82) is 0 Å². The van der Waals surface area contributed by atoms with Crippen molar-refractivity contribution >= 4 is 17.7 Å². The first-order chi connectivity index (χ1) is 8.90. The summed E-state index contributed by atoms with van der Waals surface area (Å²) in [6.07, 6.45) is 2.16. The third-order valence-electron chi connectivity index (χ3n) is 4.08. The average Bonchev–Trinajstić information content (AvgIpc) is 2.66. The minimum atomic E-state index is -0.403. The number of imide groups is 1. The summed E-state index contributed by atoms with van der Waals surface area (Å²) in [4.78, 5) is 38.6. The van der Waals surface area contributed by atoms with Gasteiger partial charge in [0.15, 0.2) is 0 Å². The number of nitrogens with zero attached hydrogens (tertiary/aromatic N) is 2. The van der Waals surface area contributed by atoms with Crippen molar-refractivity contribution in [2.45, 2.75) is 51.7 Å². The molecule has 0 spiro atoms. The molecule has 0 aromatic carbocycles. The van der Waals surface area contributed by atoms with Gasteiger partial charge in [0.2, 0.25) is 17.7 Å². The predicted octanol–water partition coefficient (Wildman–Crippen LogP) is -0.267. The van der Waals surface area contributed by atoms with E-state index in [1.165, 1.54) is 4.90 Å². The van der Waals surface area contributed by atoms with Crippen LogP contribution in [0.3, 0.4) is 0 Å². The number of amides is 3. The van der Waals surface area contributed by atoms with Crippen LogP contribution < -0.4 is 5.32 Å².